The number of amides is 2. The third-order valence-corrected chi connectivity index (χ3v) is 5.98. The summed E-state index contributed by atoms with van der Waals surface area (Å²) in [5.74, 6) is -0.798. The number of nitrogens with two attached hydrogens (primary N) is 1. The highest BCUT2D eigenvalue weighted by atomic mass is 32.2. The van der Waals surface area contributed by atoms with E-state index in [0.29, 0.717) is 19.5 Å². The van der Waals surface area contributed by atoms with Crippen LogP contribution in [0.1, 0.15) is 12.0 Å². The molecule has 0 fully saturated rings. The minimum atomic E-state index is -4.08. The van der Waals surface area contributed by atoms with Crippen molar-refractivity contribution in [3.05, 3.63) is 78.1 Å². The van der Waals surface area contributed by atoms with E-state index in [1.165, 1.54) is 5.39 Å². The number of hydrogen-bond donors (Lipinski definition) is 2. The highest BCUT2D eigenvalue weighted by molar-refractivity contribution is 7.89. The molecule has 0 bridgehead atoms. The zero-order chi connectivity index (χ0) is 21.3. The van der Waals surface area contributed by atoms with Gasteiger partial charge in [-0.05, 0) is 46.5 Å². The molecule has 8 heteroatoms. The molecular formula is C22H20FN3O3S. The summed E-state index contributed by atoms with van der Waals surface area (Å²) in [5.41, 5.74) is 2.35. The Labute approximate surface area is 173 Å². The van der Waals surface area contributed by atoms with Crippen LogP contribution in [0.4, 0.5) is 14.9 Å². The molecule has 3 aromatic carbocycles. The predicted molar refractivity (Wildman–Crippen MR) is 115 cm³/mol. The second kappa shape index (κ2) is 7.89. The number of halogens is 1. The fourth-order valence-corrected chi connectivity index (χ4v) is 4.17. The Morgan fingerprint density at radius 3 is 2.57 bits per heavy atom. The fraction of sp³-hybridized carbons (Fsp3) is 0.136. The van der Waals surface area contributed by atoms with Gasteiger partial charge in [0.1, 0.15) is 5.82 Å². The summed E-state index contributed by atoms with van der Waals surface area (Å²) in [5, 5.41) is 9.93. The highest BCUT2D eigenvalue weighted by Crippen LogP contribution is 2.29. The van der Waals surface area contributed by atoms with Crippen LogP contribution in [0.5, 0.6) is 0 Å². The van der Waals surface area contributed by atoms with E-state index in [1.807, 2.05) is 24.3 Å². The molecule has 0 aromatic heterocycles. The van der Waals surface area contributed by atoms with Crippen LogP contribution in [0, 0.1) is 5.82 Å². The first-order chi connectivity index (χ1) is 14.3. The monoisotopic (exact) mass is 425 g/mol. The number of nitrogens with one attached hydrogen (secondary N) is 1. The third kappa shape index (κ3) is 4.19. The standard InChI is InChI=1S/C22H20FN3O3S/c23-17-12-18(14-19(13-17)30(24,28)29)25-22(27)26-10-8-16(9-11-26)21-7-3-5-15-4-1-2-6-20(15)21/h1-8,12-14H,9-11H2,(H,25,27)(H2,24,28,29). The summed E-state index contributed by atoms with van der Waals surface area (Å²) >= 11 is 0. The third-order valence-electron chi connectivity index (χ3n) is 5.08. The lowest BCUT2D eigenvalue weighted by atomic mass is 9.94. The van der Waals surface area contributed by atoms with Crippen LogP contribution >= 0.6 is 0 Å². The summed E-state index contributed by atoms with van der Waals surface area (Å²) in [6.07, 6.45) is 2.68. The second-order valence-electron chi connectivity index (χ2n) is 7.10. The Kier molecular flexibility index (Phi) is 5.27. The van der Waals surface area contributed by atoms with Gasteiger partial charge in [-0.3, -0.25) is 0 Å². The quantitative estimate of drug-likeness (QED) is 0.666. The summed E-state index contributed by atoms with van der Waals surface area (Å²) in [4.78, 5) is 13.8. The van der Waals surface area contributed by atoms with E-state index in [9.17, 15) is 17.6 Å². The van der Waals surface area contributed by atoms with Gasteiger partial charge in [0.2, 0.25) is 10.0 Å². The number of sulfonamides is 1. The number of carbonyl (C=O) groups is 1. The van der Waals surface area contributed by atoms with Gasteiger partial charge in [-0.25, -0.2) is 22.7 Å². The van der Waals surface area contributed by atoms with Crippen LogP contribution in [0.2, 0.25) is 0 Å². The average Bonchev–Trinajstić information content (AvgIpc) is 2.72. The predicted octanol–water partition coefficient (Wildman–Crippen LogP) is 3.95. The van der Waals surface area contributed by atoms with E-state index in [4.69, 9.17) is 5.14 Å². The van der Waals surface area contributed by atoms with E-state index in [0.717, 1.165) is 34.7 Å². The number of primary sulfonamides is 1. The maximum absolute atomic E-state index is 13.7. The number of hydrogen-bond acceptors (Lipinski definition) is 3. The summed E-state index contributed by atoms with van der Waals surface area (Å²) in [6.45, 7) is 0.875. The van der Waals surface area contributed by atoms with Gasteiger partial charge in [0.15, 0.2) is 0 Å². The van der Waals surface area contributed by atoms with Crippen molar-refractivity contribution >= 4 is 38.1 Å². The Balaban J connectivity index is 1.51. The molecular weight excluding hydrogens is 405 g/mol. The Morgan fingerprint density at radius 2 is 1.83 bits per heavy atom. The number of benzene rings is 3. The highest BCUT2D eigenvalue weighted by Gasteiger charge is 2.20. The number of anilines is 1. The lowest BCUT2D eigenvalue weighted by Crippen LogP contribution is -2.38. The van der Waals surface area contributed by atoms with Gasteiger partial charge in [0, 0.05) is 18.8 Å². The largest absolute Gasteiger partial charge is 0.322 e. The molecule has 6 nitrogen and oxygen atoms in total. The van der Waals surface area contributed by atoms with E-state index in [1.54, 1.807) is 4.90 Å². The van der Waals surface area contributed by atoms with Gasteiger partial charge in [-0.1, -0.05) is 48.5 Å². The van der Waals surface area contributed by atoms with Crippen LogP contribution in [0.25, 0.3) is 16.3 Å². The van der Waals surface area contributed by atoms with Gasteiger partial charge in [0.05, 0.1) is 4.90 Å². The molecule has 0 saturated carbocycles. The molecule has 4 rings (SSSR count). The molecule has 3 N–H and O–H groups in total. The molecule has 0 aliphatic carbocycles. The molecule has 0 unspecified atom stereocenters. The van der Waals surface area contributed by atoms with E-state index in [-0.39, 0.29) is 5.69 Å². The van der Waals surface area contributed by atoms with Gasteiger partial charge >= 0.3 is 6.03 Å². The van der Waals surface area contributed by atoms with Crippen molar-refractivity contribution in [3.8, 4) is 0 Å². The van der Waals surface area contributed by atoms with Crippen LogP contribution in [0.3, 0.4) is 0 Å². The molecule has 1 aliphatic heterocycles. The lowest BCUT2D eigenvalue weighted by molar-refractivity contribution is 0.217. The van der Waals surface area contributed by atoms with Crippen LogP contribution in [0.15, 0.2) is 71.6 Å². The number of rotatable bonds is 3. The topological polar surface area (TPSA) is 92.5 Å². The molecule has 3 aromatic rings. The van der Waals surface area contributed by atoms with E-state index >= 15 is 0 Å². The molecule has 0 saturated heterocycles. The molecule has 1 aliphatic rings. The first-order valence-electron chi connectivity index (χ1n) is 9.38. The summed E-state index contributed by atoms with van der Waals surface area (Å²) < 4.78 is 36.7. The maximum atomic E-state index is 13.7. The zero-order valence-corrected chi connectivity index (χ0v) is 16.8. The molecule has 154 valence electrons. The van der Waals surface area contributed by atoms with Crippen molar-refractivity contribution in [3.63, 3.8) is 0 Å². The fourth-order valence-electron chi connectivity index (χ4n) is 3.61. The molecule has 0 radical (unpaired) electrons. The number of nitrogens with zero attached hydrogens (tertiary/aromatic N) is 1. The zero-order valence-electron chi connectivity index (χ0n) is 16.0. The van der Waals surface area contributed by atoms with Crippen molar-refractivity contribution in [1.29, 1.82) is 0 Å². The van der Waals surface area contributed by atoms with Gasteiger partial charge < -0.3 is 10.2 Å². The smallest absolute Gasteiger partial charge is 0.320 e. The minimum Gasteiger partial charge on any atom is -0.320 e. The number of carbonyl (C=O) groups excluding carboxylic acids is 1. The second-order valence-corrected chi connectivity index (χ2v) is 8.66. The van der Waals surface area contributed by atoms with Crippen LogP contribution < -0.4 is 10.5 Å². The SMILES string of the molecule is NS(=O)(=O)c1cc(F)cc(NC(=O)N2CC=C(c3cccc4ccccc34)CC2)c1. The van der Waals surface area contributed by atoms with Crippen LogP contribution in [-0.2, 0) is 10.0 Å². The molecule has 30 heavy (non-hydrogen) atoms. The normalized spacial score (nSPS) is 14.5. The summed E-state index contributed by atoms with van der Waals surface area (Å²) in [7, 11) is -4.08. The van der Waals surface area contributed by atoms with Crippen molar-refractivity contribution in [2.75, 3.05) is 18.4 Å². The maximum Gasteiger partial charge on any atom is 0.322 e. The Morgan fingerprint density at radius 1 is 1.07 bits per heavy atom. The number of urea groups is 1. The van der Waals surface area contributed by atoms with E-state index in [2.05, 4.69) is 29.6 Å². The van der Waals surface area contributed by atoms with E-state index < -0.39 is 26.8 Å². The van der Waals surface area contributed by atoms with Crippen molar-refractivity contribution in [2.24, 2.45) is 5.14 Å². The molecule has 1 heterocycles. The first-order valence-corrected chi connectivity index (χ1v) is 10.9. The minimum absolute atomic E-state index is 0.0351. The molecule has 0 atom stereocenters. The van der Waals surface area contributed by atoms with Crippen molar-refractivity contribution < 1.29 is 17.6 Å². The summed E-state index contributed by atoms with van der Waals surface area (Å²) in [6, 6.07) is 16.9. The first kappa shape index (κ1) is 20.1. The van der Waals surface area contributed by atoms with Gasteiger partial charge in [0.25, 0.3) is 0 Å². The lowest BCUT2D eigenvalue weighted by Gasteiger charge is -2.27. The van der Waals surface area contributed by atoms with Gasteiger partial charge in [-0.15, -0.1) is 0 Å². The van der Waals surface area contributed by atoms with Gasteiger partial charge in [-0.2, -0.15) is 0 Å². The molecule has 2 amide bonds. The number of fused-ring (bicyclic) bond motifs is 1. The van der Waals surface area contributed by atoms with Crippen molar-refractivity contribution in [2.45, 2.75) is 11.3 Å². The molecule has 0 spiro atoms. The Hall–Kier alpha value is -3.23. The van der Waals surface area contributed by atoms with Crippen LogP contribution in [-0.4, -0.2) is 32.4 Å². The van der Waals surface area contributed by atoms with Crippen molar-refractivity contribution in [1.82, 2.24) is 4.90 Å². The Bertz CT molecular complexity index is 1270. The average molecular weight is 425 g/mol.